The molecule has 3 N–H and O–H groups in total. The molecule has 0 saturated carbocycles. The summed E-state index contributed by atoms with van der Waals surface area (Å²) in [5.74, 6) is 0.688. The van der Waals surface area contributed by atoms with Crippen LogP contribution in [0.5, 0.6) is 5.75 Å². The number of benzene rings is 3. The molecule has 38 heavy (non-hydrogen) atoms. The molecular weight excluding hydrogens is 506 g/mol. The summed E-state index contributed by atoms with van der Waals surface area (Å²) in [7, 11) is -1.76. The molecule has 0 unspecified atom stereocenters. The molecule has 9 nitrogen and oxygen atoms in total. The number of hydrogen-bond donors (Lipinski definition) is 3. The fourth-order valence-corrected chi connectivity index (χ4v) is 4.61. The van der Waals surface area contributed by atoms with Crippen LogP contribution < -0.4 is 20.7 Å². The van der Waals surface area contributed by atoms with Gasteiger partial charge in [0.25, 0.3) is 5.56 Å². The van der Waals surface area contributed by atoms with Crippen molar-refractivity contribution in [2.75, 3.05) is 24.7 Å². The van der Waals surface area contributed by atoms with E-state index in [9.17, 15) is 18.0 Å². The summed E-state index contributed by atoms with van der Waals surface area (Å²) in [6, 6.07) is 16.2. The number of nitrogens with one attached hydrogen (secondary N) is 2. The molecule has 0 amide bonds. The van der Waals surface area contributed by atoms with Gasteiger partial charge in [0.15, 0.2) is 0 Å². The maximum absolute atomic E-state index is 12.5. The van der Waals surface area contributed by atoms with Crippen molar-refractivity contribution in [3.05, 3.63) is 87.2 Å². The fraction of sp³-hybridized carbons (Fsp3) is 0.286. The van der Waals surface area contributed by atoms with Gasteiger partial charge < -0.3 is 9.84 Å². The topological polar surface area (TPSA) is 130 Å². The summed E-state index contributed by atoms with van der Waals surface area (Å²) in [6.45, 7) is 8.11. The third-order valence-corrected chi connectivity index (χ3v) is 6.25. The molecule has 0 radical (unpaired) electrons. The van der Waals surface area contributed by atoms with E-state index in [1.165, 1.54) is 16.8 Å². The molecule has 0 saturated heterocycles. The predicted molar refractivity (Wildman–Crippen MR) is 152 cm³/mol. The summed E-state index contributed by atoms with van der Waals surface area (Å²) in [4.78, 5) is 26.4. The largest absolute Gasteiger partial charge is 0.496 e. The number of H-pyrrole nitrogens is 1. The maximum atomic E-state index is 12.5. The highest BCUT2D eigenvalue weighted by Gasteiger charge is 2.24. The minimum atomic E-state index is -3.38. The zero-order valence-corrected chi connectivity index (χ0v) is 23.1. The van der Waals surface area contributed by atoms with Crippen molar-refractivity contribution < 1.29 is 18.3 Å². The second kappa shape index (κ2) is 11.2. The van der Waals surface area contributed by atoms with Gasteiger partial charge >= 0.3 is 5.69 Å². The van der Waals surface area contributed by atoms with Crippen LogP contribution in [0, 0.1) is 0 Å². The van der Waals surface area contributed by atoms with E-state index in [1.54, 1.807) is 26.2 Å². The van der Waals surface area contributed by atoms with Crippen LogP contribution in [0.1, 0.15) is 33.3 Å². The number of methoxy groups -OCH3 is 1. The van der Waals surface area contributed by atoms with E-state index in [0.29, 0.717) is 17.1 Å². The molecule has 202 valence electrons. The lowest BCUT2D eigenvalue weighted by atomic mass is 9.83. The average molecular weight is 540 g/mol. The number of rotatable bonds is 5. The summed E-state index contributed by atoms with van der Waals surface area (Å²) < 4.78 is 32.9. The molecule has 0 atom stereocenters. The van der Waals surface area contributed by atoms with Gasteiger partial charge in [-0.15, -0.1) is 0 Å². The Balaban J connectivity index is 0.00000127. The number of nitrogens with zero attached hydrogens (tertiary/aromatic N) is 1. The van der Waals surface area contributed by atoms with Crippen LogP contribution in [0.25, 0.3) is 27.6 Å². The molecular formula is C28H33N3O6S. The van der Waals surface area contributed by atoms with Gasteiger partial charge in [-0.1, -0.05) is 39.0 Å². The number of aromatic nitrogens is 2. The van der Waals surface area contributed by atoms with Crippen molar-refractivity contribution in [3.8, 4) is 22.6 Å². The monoisotopic (exact) mass is 539 g/mol. The first-order valence-corrected chi connectivity index (χ1v) is 13.8. The van der Waals surface area contributed by atoms with Crippen LogP contribution in [0.15, 0.2) is 70.4 Å². The Bertz CT molecular complexity index is 1680. The van der Waals surface area contributed by atoms with Crippen molar-refractivity contribution in [2.24, 2.45) is 0 Å². The van der Waals surface area contributed by atoms with Gasteiger partial charge in [0, 0.05) is 35.7 Å². The van der Waals surface area contributed by atoms with Crippen molar-refractivity contribution in [3.63, 3.8) is 0 Å². The molecule has 4 rings (SSSR count). The molecule has 0 fully saturated rings. The van der Waals surface area contributed by atoms with E-state index in [0.717, 1.165) is 33.7 Å². The van der Waals surface area contributed by atoms with Crippen molar-refractivity contribution in [1.82, 2.24) is 9.55 Å². The highest BCUT2D eigenvalue weighted by molar-refractivity contribution is 7.92. The summed E-state index contributed by atoms with van der Waals surface area (Å²) in [5, 5.41) is 9.35. The maximum Gasteiger partial charge on any atom is 0.332 e. The summed E-state index contributed by atoms with van der Waals surface area (Å²) in [5.41, 5.74) is 2.34. The van der Waals surface area contributed by atoms with E-state index in [-0.39, 0.29) is 12.0 Å². The quantitative estimate of drug-likeness (QED) is 0.351. The molecule has 3 aromatic carbocycles. The summed E-state index contributed by atoms with van der Waals surface area (Å²) >= 11 is 0. The van der Waals surface area contributed by atoms with E-state index in [1.807, 2.05) is 36.4 Å². The molecule has 0 aliphatic rings. The predicted octanol–water partition coefficient (Wildman–Crippen LogP) is 4.02. The SMILES string of the molecule is CCO.COc1c(-c2ccc3cc(NS(C)(=O)=O)ccc3c2)cc(-n2ccc(=O)[nH]c2=O)cc1C(C)(C)C. The second-order valence-electron chi connectivity index (χ2n) is 9.77. The zero-order valence-electron chi connectivity index (χ0n) is 22.3. The van der Waals surface area contributed by atoms with E-state index >= 15 is 0 Å². The Morgan fingerprint density at radius 3 is 2.21 bits per heavy atom. The summed E-state index contributed by atoms with van der Waals surface area (Å²) in [6.07, 6.45) is 2.57. The Hall–Kier alpha value is -3.89. The number of ether oxygens (including phenoxy) is 1. The molecule has 10 heteroatoms. The van der Waals surface area contributed by atoms with Crippen LogP contribution in [0.3, 0.4) is 0 Å². The first-order valence-electron chi connectivity index (χ1n) is 11.9. The Morgan fingerprint density at radius 2 is 1.63 bits per heavy atom. The first kappa shape index (κ1) is 28.7. The number of aromatic amines is 1. The normalized spacial score (nSPS) is 11.6. The van der Waals surface area contributed by atoms with Crippen molar-refractivity contribution in [1.29, 1.82) is 0 Å². The second-order valence-corrected chi connectivity index (χ2v) is 11.5. The molecule has 1 aromatic heterocycles. The van der Waals surface area contributed by atoms with Gasteiger partial charge in [-0.05, 0) is 59.0 Å². The zero-order chi connectivity index (χ0) is 28.3. The minimum Gasteiger partial charge on any atom is -0.496 e. The number of aliphatic hydroxyl groups excluding tert-OH is 1. The van der Waals surface area contributed by atoms with Gasteiger partial charge in [0.05, 0.1) is 19.1 Å². The molecule has 0 bridgehead atoms. The Labute approximate surface area is 221 Å². The van der Waals surface area contributed by atoms with E-state index in [2.05, 4.69) is 30.5 Å². The van der Waals surface area contributed by atoms with Crippen molar-refractivity contribution >= 4 is 26.5 Å². The van der Waals surface area contributed by atoms with Gasteiger partial charge in [-0.3, -0.25) is 19.1 Å². The molecule has 1 heterocycles. The standard InChI is InChI=1S/C26H27N3O5S.C2H6O/c1-26(2,3)22-15-20(29-11-10-23(30)27-25(29)31)14-21(24(22)34-4)18-7-6-17-13-19(28-35(5,32)33)9-8-16(17)12-18;1-2-3/h6-15,28H,1-5H3,(H,27,30,31);3H,2H2,1H3. The molecule has 0 aliphatic heterocycles. The number of anilines is 1. The number of sulfonamides is 1. The average Bonchev–Trinajstić information content (AvgIpc) is 2.82. The minimum absolute atomic E-state index is 0.250. The van der Waals surface area contributed by atoms with Crippen LogP contribution in [-0.2, 0) is 15.4 Å². The Kier molecular flexibility index (Phi) is 8.48. The van der Waals surface area contributed by atoms with Crippen molar-refractivity contribution in [2.45, 2.75) is 33.1 Å². The van der Waals surface area contributed by atoms with Crippen LogP contribution in [-0.4, -0.2) is 43.0 Å². The number of fused-ring (bicyclic) bond motifs is 1. The third-order valence-electron chi connectivity index (χ3n) is 5.64. The van der Waals surface area contributed by atoms with Crippen LogP contribution in [0.2, 0.25) is 0 Å². The lowest BCUT2D eigenvalue weighted by Gasteiger charge is -2.25. The number of hydrogen-bond acceptors (Lipinski definition) is 6. The lowest BCUT2D eigenvalue weighted by molar-refractivity contribution is 0.318. The fourth-order valence-electron chi connectivity index (χ4n) is 4.06. The molecule has 0 aliphatic carbocycles. The third kappa shape index (κ3) is 6.70. The van der Waals surface area contributed by atoms with Gasteiger partial charge in [-0.2, -0.15) is 0 Å². The molecule has 0 spiro atoms. The smallest absolute Gasteiger partial charge is 0.332 e. The van der Waals surface area contributed by atoms with Crippen LogP contribution >= 0.6 is 0 Å². The van der Waals surface area contributed by atoms with E-state index < -0.39 is 21.3 Å². The number of aliphatic hydroxyl groups is 1. The van der Waals surface area contributed by atoms with E-state index in [4.69, 9.17) is 9.84 Å². The van der Waals surface area contributed by atoms with Gasteiger partial charge in [0.1, 0.15) is 5.75 Å². The Morgan fingerprint density at radius 1 is 1.00 bits per heavy atom. The molecule has 4 aromatic rings. The van der Waals surface area contributed by atoms with Gasteiger partial charge in [0.2, 0.25) is 10.0 Å². The van der Waals surface area contributed by atoms with Gasteiger partial charge in [-0.25, -0.2) is 13.2 Å². The first-order chi connectivity index (χ1) is 17.8. The highest BCUT2D eigenvalue weighted by Crippen LogP contribution is 2.41. The lowest BCUT2D eigenvalue weighted by Crippen LogP contribution is -2.27. The highest BCUT2D eigenvalue weighted by atomic mass is 32.2. The van der Waals surface area contributed by atoms with Crippen LogP contribution in [0.4, 0.5) is 5.69 Å².